The normalized spacial score (nSPS) is 13.4. The maximum Gasteiger partial charge on any atom is 0.114 e. The van der Waals surface area contributed by atoms with Gasteiger partial charge >= 0.3 is 0 Å². The Morgan fingerprint density at radius 1 is 1.20 bits per heavy atom. The Hall–Kier alpha value is -0.570. The average molecular weight is 213 g/mol. The van der Waals surface area contributed by atoms with Crippen LogP contribution in [0.4, 0.5) is 0 Å². The molecule has 0 atom stereocenters. The molecule has 0 spiro atoms. The van der Waals surface area contributed by atoms with Crippen LogP contribution in [0.3, 0.4) is 0 Å². The number of nitrogens with one attached hydrogen (secondary N) is 1. The van der Waals surface area contributed by atoms with Crippen LogP contribution in [-0.4, -0.2) is 11.4 Å². The van der Waals surface area contributed by atoms with Crippen molar-refractivity contribution in [2.24, 2.45) is 16.8 Å². The van der Waals surface area contributed by atoms with Crippen molar-refractivity contribution in [1.29, 1.82) is 0 Å². The van der Waals surface area contributed by atoms with E-state index in [1.807, 2.05) is 0 Å². The lowest BCUT2D eigenvalue weighted by atomic mass is 9.96. The Kier molecular flexibility index (Phi) is 6.57. The summed E-state index contributed by atoms with van der Waals surface area (Å²) in [5.74, 6) is 7.01. The fraction of sp³-hybridized carbons (Fsp3) is 0.917. The van der Waals surface area contributed by atoms with Crippen molar-refractivity contribution in [3.05, 3.63) is 0 Å². The third-order valence-electron chi connectivity index (χ3n) is 2.26. The van der Waals surface area contributed by atoms with E-state index in [1.165, 1.54) is 12.8 Å². The van der Waals surface area contributed by atoms with Gasteiger partial charge in [0.1, 0.15) is 5.84 Å². The van der Waals surface area contributed by atoms with Gasteiger partial charge in [0.2, 0.25) is 0 Å². The molecule has 0 aromatic heterocycles. The molecular weight excluding hydrogens is 186 g/mol. The second kappa shape index (κ2) is 6.83. The first-order chi connectivity index (χ1) is 6.94. The predicted molar refractivity (Wildman–Crippen MR) is 67.8 cm³/mol. The molecule has 0 saturated heterocycles. The molecule has 90 valence electrons. The van der Waals surface area contributed by atoms with Crippen molar-refractivity contribution < 1.29 is 0 Å². The van der Waals surface area contributed by atoms with Gasteiger partial charge in [-0.2, -0.15) is 0 Å². The summed E-state index contributed by atoms with van der Waals surface area (Å²) in [6.45, 7) is 10.7. The first-order valence-electron chi connectivity index (χ1n) is 6.01. The number of hydrogen-bond donors (Lipinski definition) is 2. The SMILES string of the molecule is CCCC(CCC)C(=NC(C)(C)C)NN. The van der Waals surface area contributed by atoms with E-state index >= 15 is 0 Å². The van der Waals surface area contributed by atoms with Crippen LogP contribution in [0, 0.1) is 5.92 Å². The van der Waals surface area contributed by atoms with Crippen LogP contribution in [0.15, 0.2) is 4.99 Å². The fourth-order valence-electron chi connectivity index (χ4n) is 1.72. The summed E-state index contributed by atoms with van der Waals surface area (Å²) >= 11 is 0. The quantitative estimate of drug-likeness (QED) is 0.319. The molecule has 0 rings (SSSR count). The van der Waals surface area contributed by atoms with Gasteiger partial charge in [-0.15, -0.1) is 0 Å². The lowest BCUT2D eigenvalue weighted by molar-refractivity contribution is 0.518. The molecule has 0 aliphatic rings. The second-order valence-electron chi connectivity index (χ2n) is 5.09. The number of hydrazine groups is 1. The average Bonchev–Trinajstić information content (AvgIpc) is 2.12. The highest BCUT2D eigenvalue weighted by molar-refractivity contribution is 5.84. The van der Waals surface area contributed by atoms with Gasteiger partial charge in [0.25, 0.3) is 0 Å². The predicted octanol–water partition coefficient (Wildman–Crippen LogP) is 2.86. The van der Waals surface area contributed by atoms with E-state index in [4.69, 9.17) is 5.84 Å². The Morgan fingerprint density at radius 3 is 1.93 bits per heavy atom. The van der Waals surface area contributed by atoms with Crippen molar-refractivity contribution in [3.8, 4) is 0 Å². The van der Waals surface area contributed by atoms with Crippen molar-refractivity contribution in [2.45, 2.75) is 65.8 Å². The molecular formula is C12H27N3. The van der Waals surface area contributed by atoms with Crippen LogP contribution in [-0.2, 0) is 0 Å². The molecule has 0 saturated carbocycles. The minimum atomic E-state index is -0.0541. The highest BCUT2D eigenvalue weighted by atomic mass is 15.3. The lowest BCUT2D eigenvalue weighted by Gasteiger charge is -2.22. The molecule has 0 aliphatic heterocycles. The van der Waals surface area contributed by atoms with Crippen LogP contribution >= 0.6 is 0 Å². The first kappa shape index (κ1) is 14.4. The van der Waals surface area contributed by atoms with Crippen molar-refractivity contribution in [1.82, 2.24) is 5.43 Å². The lowest BCUT2D eigenvalue weighted by Crippen LogP contribution is -2.38. The Labute approximate surface area is 94.5 Å². The minimum absolute atomic E-state index is 0.0541. The van der Waals surface area contributed by atoms with Crippen LogP contribution < -0.4 is 11.3 Å². The highest BCUT2D eigenvalue weighted by Crippen LogP contribution is 2.17. The van der Waals surface area contributed by atoms with E-state index in [1.54, 1.807) is 0 Å². The topological polar surface area (TPSA) is 50.4 Å². The van der Waals surface area contributed by atoms with Gasteiger partial charge in [0.05, 0.1) is 5.54 Å². The third kappa shape index (κ3) is 6.50. The van der Waals surface area contributed by atoms with Gasteiger partial charge in [0, 0.05) is 5.92 Å². The van der Waals surface area contributed by atoms with Crippen LogP contribution in [0.2, 0.25) is 0 Å². The minimum Gasteiger partial charge on any atom is -0.312 e. The zero-order chi connectivity index (χ0) is 11.9. The Balaban J connectivity index is 4.64. The maximum absolute atomic E-state index is 5.56. The van der Waals surface area contributed by atoms with Crippen molar-refractivity contribution in [2.75, 3.05) is 0 Å². The molecule has 0 heterocycles. The van der Waals surface area contributed by atoms with E-state index in [0.29, 0.717) is 5.92 Å². The number of nitrogens with two attached hydrogens (primary N) is 1. The molecule has 3 heteroatoms. The van der Waals surface area contributed by atoms with Gasteiger partial charge < -0.3 is 5.43 Å². The molecule has 3 nitrogen and oxygen atoms in total. The summed E-state index contributed by atoms with van der Waals surface area (Å²) in [6.07, 6.45) is 4.67. The van der Waals surface area contributed by atoms with Crippen molar-refractivity contribution >= 4 is 5.84 Å². The summed E-state index contributed by atoms with van der Waals surface area (Å²) in [7, 11) is 0. The molecule has 3 N–H and O–H groups in total. The summed E-state index contributed by atoms with van der Waals surface area (Å²) in [5, 5.41) is 0. The molecule has 0 aromatic carbocycles. The molecule has 0 aromatic rings. The van der Waals surface area contributed by atoms with E-state index in [-0.39, 0.29) is 5.54 Å². The number of nitrogens with zero attached hydrogens (tertiary/aromatic N) is 1. The molecule has 15 heavy (non-hydrogen) atoms. The van der Waals surface area contributed by atoms with E-state index in [9.17, 15) is 0 Å². The summed E-state index contributed by atoms with van der Waals surface area (Å²) in [5.41, 5.74) is 2.72. The maximum atomic E-state index is 5.56. The van der Waals surface area contributed by atoms with E-state index in [0.717, 1.165) is 18.7 Å². The van der Waals surface area contributed by atoms with Gasteiger partial charge in [-0.1, -0.05) is 26.7 Å². The zero-order valence-corrected chi connectivity index (χ0v) is 10.9. The number of amidine groups is 1. The third-order valence-corrected chi connectivity index (χ3v) is 2.26. The van der Waals surface area contributed by atoms with Crippen LogP contribution in [0.1, 0.15) is 60.3 Å². The number of hydrogen-bond acceptors (Lipinski definition) is 2. The second-order valence-corrected chi connectivity index (χ2v) is 5.09. The molecule has 0 unspecified atom stereocenters. The summed E-state index contributed by atoms with van der Waals surface area (Å²) in [4.78, 5) is 4.65. The monoisotopic (exact) mass is 213 g/mol. The Morgan fingerprint density at radius 2 is 1.67 bits per heavy atom. The number of aliphatic imine (C=N–C) groups is 1. The first-order valence-corrected chi connectivity index (χ1v) is 6.01. The smallest absolute Gasteiger partial charge is 0.114 e. The van der Waals surface area contributed by atoms with Gasteiger partial charge in [-0.3, -0.25) is 4.99 Å². The van der Waals surface area contributed by atoms with Crippen molar-refractivity contribution in [3.63, 3.8) is 0 Å². The van der Waals surface area contributed by atoms with Crippen LogP contribution in [0.5, 0.6) is 0 Å². The Bertz CT molecular complexity index is 186. The summed E-state index contributed by atoms with van der Waals surface area (Å²) < 4.78 is 0. The summed E-state index contributed by atoms with van der Waals surface area (Å²) in [6, 6.07) is 0. The largest absolute Gasteiger partial charge is 0.312 e. The molecule has 0 bridgehead atoms. The van der Waals surface area contributed by atoms with E-state index in [2.05, 4.69) is 45.0 Å². The standard InChI is InChI=1S/C12H27N3/c1-6-8-10(9-7-2)11(15-13)14-12(3,4)5/h10H,6-9,13H2,1-5H3,(H,14,15). The van der Waals surface area contributed by atoms with E-state index < -0.39 is 0 Å². The molecule has 0 radical (unpaired) electrons. The van der Waals surface area contributed by atoms with Crippen LogP contribution in [0.25, 0.3) is 0 Å². The van der Waals surface area contributed by atoms with Gasteiger partial charge in [-0.25, -0.2) is 5.84 Å². The zero-order valence-electron chi connectivity index (χ0n) is 10.9. The molecule has 0 amide bonds. The molecule has 0 aliphatic carbocycles. The molecule has 0 fully saturated rings. The van der Waals surface area contributed by atoms with Gasteiger partial charge in [0.15, 0.2) is 0 Å². The highest BCUT2D eigenvalue weighted by Gasteiger charge is 2.17. The number of rotatable bonds is 5. The van der Waals surface area contributed by atoms with Gasteiger partial charge in [-0.05, 0) is 33.6 Å². The fourth-order valence-corrected chi connectivity index (χ4v) is 1.72.